The lowest BCUT2D eigenvalue weighted by Gasteiger charge is -2.30. The number of quaternary nitrogens is 2. The van der Waals surface area contributed by atoms with E-state index < -0.39 is 0 Å². The molecule has 1 saturated heterocycles. The molecule has 0 unspecified atom stereocenters. The lowest BCUT2D eigenvalue weighted by atomic mass is 10.1. The van der Waals surface area contributed by atoms with Crippen LogP contribution >= 0.6 is 12.2 Å². The van der Waals surface area contributed by atoms with Crippen molar-refractivity contribution in [2.24, 2.45) is 0 Å². The van der Waals surface area contributed by atoms with Gasteiger partial charge in [-0.1, -0.05) is 0 Å². The molecule has 1 aliphatic heterocycles. The second-order valence-electron chi connectivity index (χ2n) is 9.58. The number of nitrogens with zero attached hydrogens (tertiary/aromatic N) is 4. The van der Waals surface area contributed by atoms with Gasteiger partial charge in [-0.15, -0.1) is 5.10 Å². The van der Waals surface area contributed by atoms with Crippen LogP contribution in [0.15, 0.2) is 24.5 Å². The van der Waals surface area contributed by atoms with Crippen LogP contribution in [0.3, 0.4) is 0 Å². The number of nitrogens with one attached hydrogen (secondary N) is 3. The van der Waals surface area contributed by atoms with Crippen LogP contribution in [0.4, 0.5) is 0 Å². The molecule has 0 spiro atoms. The van der Waals surface area contributed by atoms with E-state index >= 15 is 0 Å². The molecule has 1 aliphatic carbocycles. The second-order valence-corrected chi connectivity index (χ2v) is 9.95. The minimum Gasteiger partial charge on any atom is -0.347 e. The predicted octanol–water partition coefficient (Wildman–Crippen LogP) is -0.533. The van der Waals surface area contributed by atoms with Crippen LogP contribution in [0.5, 0.6) is 0 Å². The third-order valence-electron chi connectivity index (χ3n) is 5.66. The Morgan fingerprint density at radius 2 is 1.93 bits per heavy atom. The molecule has 8 nitrogen and oxygen atoms in total. The molecular weight excluding hydrogens is 398 g/mol. The minimum atomic E-state index is -0.174. The van der Waals surface area contributed by atoms with E-state index in [-0.39, 0.29) is 11.4 Å². The molecule has 0 radical (unpaired) electrons. The molecule has 30 heavy (non-hydrogen) atoms. The van der Waals surface area contributed by atoms with E-state index in [2.05, 4.69) is 14.9 Å². The first-order valence-electron chi connectivity index (χ1n) is 10.9. The number of aromatic nitrogens is 4. The summed E-state index contributed by atoms with van der Waals surface area (Å²) in [5, 5.41) is 7.95. The van der Waals surface area contributed by atoms with Gasteiger partial charge in [-0.05, 0) is 58.0 Å². The molecule has 2 fully saturated rings. The number of pyridine rings is 1. The van der Waals surface area contributed by atoms with E-state index in [0.29, 0.717) is 12.6 Å². The Balaban J connectivity index is 1.39. The van der Waals surface area contributed by atoms with Crippen molar-refractivity contribution in [1.29, 1.82) is 0 Å². The van der Waals surface area contributed by atoms with Crippen molar-refractivity contribution >= 4 is 18.1 Å². The van der Waals surface area contributed by atoms with Crippen LogP contribution in [0.2, 0.25) is 0 Å². The number of hydrogen-bond donors (Lipinski definition) is 3. The van der Waals surface area contributed by atoms with Crippen LogP contribution in [-0.2, 0) is 11.5 Å². The summed E-state index contributed by atoms with van der Waals surface area (Å²) >= 11 is 5.80. The molecule has 9 heteroatoms. The molecule has 1 saturated carbocycles. The molecular formula is C21H33N7OS+2. The molecule has 2 aromatic rings. The zero-order valence-electron chi connectivity index (χ0n) is 18.1. The number of amides is 1. The van der Waals surface area contributed by atoms with E-state index in [4.69, 9.17) is 17.3 Å². The second kappa shape index (κ2) is 8.56. The Bertz CT molecular complexity index is 934. The van der Waals surface area contributed by atoms with Gasteiger partial charge in [0.25, 0.3) is 5.91 Å². The Labute approximate surface area is 182 Å². The van der Waals surface area contributed by atoms with Gasteiger partial charge in [0.15, 0.2) is 19.0 Å². The third kappa shape index (κ3) is 5.14. The fourth-order valence-electron chi connectivity index (χ4n) is 4.07. The number of carbonyl (C=O) groups is 1. The van der Waals surface area contributed by atoms with Crippen molar-refractivity contribution in [1.82, 2.24) is 24.6 Å². The Hall–Kier alpha value is -2.10. The van der Waals surface area contributed by atoms with Gasteiger partial charge >= 0.3 is 0 Å². The summed E-state index contributed by atoms with van der Waals surface area (Å²) in [5.41, 5.74) is 0.843. The van der Waals surface area contributed by atoms with E-state index in [1.807, 2.05) is 43.8 Å². The largest absolute Gasteiger partial charge is 0.347 e. The zero-order chi connectivity index (χ0) is 21.3. The van der Waals surface area contributed by atoms with Crippen LogP contribution in [0.1, 0.15) is 39.7 Å². The Morgan fingerprint density at radius 3 is 2.53 bits per heavy atom. The van der Waals surface area contributed by atoms with Gasteiger partial charge in [0.2, 0.25) is 4.77 Å². The van der Waals surface area contributed by atoms with Gasteiger partial charge < -0.3 is 15.1 Å². The van der Waals surface area contributed by atoms with Crippen LogP contribution in [-0.4, -0.2) is 63.5 Å². The summed E-state index contributed by atoms with van der Waals surface area (Å²) in [6.07, 6.45) is 5.97. The molecule has 3 heterocycles. The average Bonchev–Trinajstić information content (AvgIpc) is 3.47. The maximum Gasteiger partial charge on any atom is 0.275 e. The van der Waals surface area contributed by atoms with Gasteiger partial charge in [0, 0.05) is 29.5 Å². The zero-order valence-corrected chi connectivity index (χ0v) is 19.0. The van der Waals surface area contributed by atoms with Crippen molar-refractivity contribution in [3.05, 3.63) is 29.3 Å². The van der Waals surface area contributed by atoms with Crippen LogP contribution in [0, 0.1) is 4.77 Å². The molecule has 0 bridgehead atoms. The quantitative estimate of drug-likeness (QED) is 0.538. The Kier molecular flexibility index (Phi) is 6.04. The first-order valence-corrected chi connectivity index (χ1v) is 11.3. The highest BCUT2D eigenvalue weighted by molar-refractivity contribution is 7.71. The summed E-state index contributed by atoms with van der Waals surface area (Å²) in [7, 11) is 0. The summed E-state index contributed by atoms with van der Waals surface area (Å²) in [4.78, 5) is 19.3. The Morgan fingerprint density at radius 1 is 1.23 bits per heavy atom. The monoisotopic (exact) mass is 431 g/mol. The summed E-state index contributed by atoms with van der Waals surface area (Å²) < 4.78 is 5.01. The number of rotatable bonds is 6. The molecule has 162 valence electrons. The van der Waals surface area contributed by atoms with Crippen molar-refractivity contribution in [2.45, 2.75) is 51.9 Å². The molecule has 1 amide bonds. The molecule has 3 N–H and O–H groups in total. The lowest BCUT2D eigenvalue weighted by molar-refractivity contribution is -1.02. The van der Waals surface area contributed by atoms with Crippen molar-refractivity contribution in [3.8, 4) is 11.4 Å². The first kappa shape index (κ1) is 21.1. The fraction of sp³-hybridized carbons (Fsp3) is 0.619. The molecule has 0 aromatic carbocycles. The average molecular weight is 432 g/mol. The van der Waals surface area contributed by atoms with Gasteiger partial charge in [0.1, 0.15) is 26.2 Å². The SMILES string of the molecule is CC(C)(C)NC(=O)C[NH+]1CC[NH+](Cn2nc(-c3cccnc3)n(C3CC3)c2=S)CC1. The minimum absolute atomic E-state index is 0.132. The number of hydrogen-bond acceptors (Lipinski definition) is 4. The van der Waals surface area contributed by atoms with Gasteiger partial charge in [-0.2, -0.15) is 4.68 Å². The first-order chi connectivity index (χ1) is 14.3. The van der Waals surface area contributed by atoms with Crippen molar-refractivity contribution < 1.29 is 14.6 Å². The van der Waals surface area contributed by atoms with E-state index in [1.165, 1.54) is 22.6 Å². The fourth-order valence-corrected chi connectivity index (χ4v) is 4.41. The predicted molar refractivity (Wildman–Crippen MR) is 117 cm³/mol. The molecule has 2 aromatic heterocycles. The molecule has 2 aliphatic rings. The van der Waals surface area contributed by atoms with Gasteiger partial charge in [-0.25, -0.2) is 0 Å². The van der Waals surface area contributed by atoms with Crippen molar-refractivity contribution in [3.63, 3.8) is 0 Å². The maximum atomic E-state index is 12.2. The molecule has 0 atom stereocenters. The summed E-state index contributed by atoms with van der Waals surface area (Å²) in [6.45, 7) is 11.4. The normalized spacial score (nSPS) is 22.1. The van der Waals surface area contributed by atoms with Gasteiger partial charge in [-0.3, -0.25) is 14.3 Å². The highest BCUT2D eigenvalue weighted by atomic mass is 32.1. The smallest absolute Gasteiger partial charge is 0.275 e. The maximum absolute atomic E-state index is 12.2. The number of piperazine rings is 1. The topological polar surface area (TPSA) is 73.6 Å². The van der Waals surface area contributed by atoms with Crippen LogP contribution in [0.25, 0.3) is 11.4 Å². The van der Waals surface area contributed by atoms with E-state index in [0.717, 1.165) is 49.0 Å². The van der Waals surface area contributed by atoms with Crippen molar-refractivity contribution in [2.75, 3.05) is 32.7 Å². The molecule has 4 rings (SSSR count). The number of carbonyl (C=O) groups excluding carboxylic acids is 1. The highest BCUT2D eigenvalue weighted by Crippen LogP contribution is 2.38. The lowest BCUT2D eigenvalue weighted by Crippen LogP contribution is -3.28. The summed E-state index contributed by atoms with van der Waals surface area (Å²) in [6, 6.07) is 4.46. The summed E-state index contributed by atoms with van der Waals surface area (Å²) in [5.74, 6) is 1.06. The van der Waals surface area contributed by atoms with Crippen LogP contribution < -0.4 is 15.1 Å². The third-order valence-corrected chi connectivity index (χ3v) is 6.07. The van der Waals surface area contributed by atoms with E-state index in [1.54, 1.807) is 6.20 Å². The van der Waals surface area contributed by atoms with E-state index in [9.17, 15) is 4.79 Å². The highest BCUT2D eigenvalue weighted by Gasteiger charge is 2.31. The standard InChI is InChI=1S/C21H31N7OS/c1-21(2,3)23-18(29)14-25-9-11-26(12-10-25)15-27-20(30)28(17-6-7-17)19(24-27)16-5-4-8-22-13-16/h4-5,8,13,17H,6-7,9-12,14-15H2,1-3H3,(H,23,29)/p+2. The van der Waals surface area contributed by atoms with Gasteiger partial charge in [0.05, 0.1) is 0 Å².